The molecular formula is C13H21NO5. The van der Waals surface area contributed by atoms with Gasteiger partial charge in [-0.25, -0.2) is 4.79 Å². The minimum atomic E-state index is -2.92. The van der Waals surface area contributed by atoms with Crippen LogP contribution in [0.3, 0.4) is 0 Å². The van der Waals surface area contributed by atoms with Crippen LogP contribution >= 0.6 is 0 Å². The topological polar surface area (TPSA) is 72.9 Å². The number of likely N-dealkylation sites (tertiary alicyclic amines) is 1. The largest absolute Gasteiger partial charge is 0.468 e. The molecule has 0 saturated carbocycles. The average molecular weight is 274 g/mol. The zero-order valence-corrected chi connectivity index (χ0v) is 11.6. The summed E-state index contributed by atoms with van der Waals surface area (Å²) >= 11 is 0. The zero-order chi connectivity index (χ0) is 17.3. The second-order valence-electron chi connectivity index (χ2n) is 5.47. The van der Waals surface area contributed by atoms with Crippen LogP contribution in [-0.2, 0) is 19.1 Å². The van der Waals surface area contributed by atoms with Gasteiger partial charge < -0.3 is 14.4 Å². The Balaban J connectivity index is 3.15. The molecule has 1 rings (SSSR count). The molecule has 0 aromatic carbocycles. The molecule has 1 aliphatic rings. The van der Waals surface area contributed by atoms with E-state index in [-0.39, 0.29) is 13.0 Å². The van der Waals surface area contributed by atoms with Crippen LogP contribution in [0.1, 0.15) is 38.2 Å². The number of nitrogens with zero attached hydrogens (tertiary/aromatic N) is 1. The molecule has 19 heavy (non-hydrogen) atoms. The van der Waals surface area contributed by atoms with Crippen molar-refractivity contribution in [1.82, 2.24) is 4.90 Å². The van der Waals surface area contributed by atoms with Crippen LogP contribution < -0.4 is 0 Å². The number of carbonyl (C=O) groups excluding carboxylic acids is 3. The zero-order valence-electron chi connectivity index (χ0n) is 14.6. The Morgan fingerprint density at radius 1 is 1.42 bits per heavy atom. The molecule has 6 nitrogen and oxygen atoms in total. The number of amides is 1. The summed E-state index contributed by atoms with van der Waals surface area (Å²) in [4.78, 5) is 37.4. The van der Waals surface area contributed by atoms with Crippen molar-refractivity contribution in [1.29, 1.82) is 0 Å². The van der Waals surface area contributed by atoms with Crippen molar-refractivity contribution in [3.05, 3.63) is 0 Å². The number of methoxy groups -OCH3 is 1. The van der Waals surface area contributed by atoms with Crippen molar-refractivity contribution < 1.29 is 28.0 Å². The van der Waals surface area contributed by atoms with E-state index in [2.05, 4.69) is 4.74 Å². The van der Waals surface area contributed by atoms with Gasteiger partial charge in [0.2, 0.25) is 0 Å². The fourth-order valence-electron chi connectivity index (χ4n) is 1.74. The Bertz CT molecular complexity index is 473. The van der Waals surface area contributed by atoms with Crippen molar-refractivity contribution >= 4 is 17.8 Å². The van der Waals surface area contributed by atoms with Crippen LogP contribution in [0.4, 0.5) is 4.79 Å². The quantitative estimate of drug-likeness (QED) is 0.533. The molecular weight excluding hydrogens is 250 g/mol. The van der Waals surface area contributed by atoms with Gasteiger partial charge in [0.25, 0.3) is 0 Å². The van der Waals surface area contributed by atoms with E-state index in [1.807, 2.05) is 0 Å². The maximum absolute atomic E-state index is 12.2. The number of rotatable bonds is 1. The van der Waals surface area contributed by atoms with Crippen LogP contribution in [-0.4, -0.2) is 48.5 Å². The number of ketones is 1. The number of ether oxygens (including phenoxy) is 2. The van der Waals surface area contributed by atoms with Crippen molar-refractivity contribution in [3.63, 3.8) is 0 Å². The van der Waals surface area contributed by atoms with E-state index in [1.165, 1.54) is 0 Å². The summed E-state index contributed by atoms with van der Waals surface area (Å²) in [5, 5.41) is 0. The molecule has 0 bridgehead atoms. The fourth-order valence-corrected chi connectivity index (χ4v) is 1.74. The third kappa shape index (κ3) is 3.45. The van der Waals surface area contributed by atoms with Gasteiger partial charge in [-0.2, -0.15) is 0 Å². The van der Waals surface area contributed by atoms with Crippen LogP contribution in [0.2, 0.25) is 0 Å². The highest BCUT2D eigenvalue weighted by Gasteiger charge is 2.47. The molecule has 1 atom stereocenters. The van der Waals surface area contributed by atoms with Crippen LogP contribution in [0.25, 0.3) is 0 Å². The van der Waals surface area contributed by atoms with Crippen LogP contribution in [0, 0.1) is 5.41 Å². The van der Waals surface area contributed by atoms with E-state index in [9.17, 15) is 14.4 Å². The highest BCUT2D eigenvalue weighted by molar-refractivity contribution is 6.04. The Kier molecular flexibility index (Phi) is 3.07. The number of Topliss-reactive ketones (excluding diaryl/α,β-unsaturated/α-hetero) is 1. The smallest absolute Gasteiger partial charge is 0.410 e. The molecule has 1 amide bonds. The van der Waals surface area contributed by atoms with Gasteiger partial charge in [0.05, 0.1) is 7.11 Å². The Morgan fingerprint density at radius 3 is 2.53 bits per heavy atom. The molecule has 1 saturated heterocycles. The van der Waals surface area contributed by atoms with Gasteiger partial charge in [-0.15, -0.1) is 0 Å². The number of hydrogen-bond acceptors (Lipinski definition) is 5. The highest BCUT2D eigenvalue weighted by atomic mass is 16.6. The predicted octanol–water partition coefficient (Wildman–Crippen LogP) is 1.38. The molecule has 1 unspecified atom stereocenters. The van der Waals surface area contributed by atoms with Gasteiger partial charge in [-0.1, -0.05) is 0 Å². The van der Waals surface area contributed by atoms with E-state index < -0.39 is 42.3 Å². The van der Waals surface area contributed by atoms with Gasteiger partial charge in [-0.3, -0.25) is 9.59 Å². The minimum Gasteiger partial charge on any atom is -0.468 e. The average Bonchev–Trinajstić information content (AvgIpc) is 2.34. The van der Waals surface area contributed by atoms with Crippen molar-refractivity contribution in [3.8, 4) is 0 Å². The fraction of sp³-hybridized carbons (Fsp3) is 0.769. The normalized spacial score (nSPS) is 27.1. The molecule has 1 fully saturated rings. The number of carbonyl (C=O) groups is 3. The summed E-state index contributed by atoms with van der Waals surface area (Å²) in [5.41, 5.74) is -3.14. The molecule has 0 radical (unpaired) electrons. The van der Waals surface area contributed by atoms with Crippen LogP contribution in [0.15, 0.2) is 0 Å². The Morgan fingerprint density at radius 2 is 2.05 bits per heavy atom. The van der Waals surface area contributed by atoms with Gasteiger partial charge in [0.15, 0.2) is 5.78 Å². The summed E-state index contributed by atoms with van der Waals surface area (Å²) < 4.78 is 32.4. The lowest BCUT2D eigenvalue weighted by atomic mass is 9.81. The lowest BCUT2D eigenvalue weighted by Crippen LogP contribution is -2.54. The second kappa shape index (κ2) is 5.19. The van der Waals surface area contributed by atoms with Gasteiger partial charge in [0, 0.05) is 23.6 Å². The second-order valence-corrected chi connectivity index (χ2v) is 5.47. The molecule has 1 aliphatic heterocycles. The molecule has 0 N–H and O–H groups in total. The lowest BCUT2D eigenvalue weighted by molar-refractivity contribution is -0.160. The van der Waals surface area contributed by atoms with Gasteiger partial charge in [-0.05, 0) is 27.6 Å². The van der Waals surface area contributed by atoms with E-state index in [0.29, 0.717) is 0 Å². The SMILES string of the molecule is [2H]C([2H])([2H])C1(C(=O)OC)CN(C(=O)OC(C)(C)C)CCC1=O. The van der Waals surface area contributed by atoms with E-state index in [1.54, 1.807) is 20.8 Å². The summed E-state index contributed by atoms with van der Waals surface area (Å²) in [6.07, 6.45) is -1.01. The van der Waals surface area contributed by atoms with Crippen molar-refractivity contribution in [2.75, 3.05) is 20.2 Å². The Hall–Kier alpha value is -1.59. The van der Waals surface area contributed by atoms with Gasteiger partial charge >= 0.3 is 12.1 Å². The Labute approximate surface area is 117 Å². The van der Waals surface area contributed by atoms with E-state index in [0.717, 1.165) is 12.0 Å². The minimum absolute atomic E-state index is 0.00255. The maximum atomic E-state index is 12.2. The summed E-state index contributed by atoms with van der Waals surface area (Å²) in [6.45, 7) is 1.50. The molecule has 108 valence electrons. The molecule has 0 aromatic heterocycles. The van der Waals surface area contributed by atoms with Gasteiger partial charge in [0.1, 0.15) is 11.0 Å². The third-order valence-electron chi connectivity index (χ3n) is 2.70. The molecule has 0 aromatic rings. The lowest BCUT2D eigenvalue weighted by Gasteiger charge is -2.37. The standard InChI is InChI=1S/C13H21NO5/c1-12(2,3)19-11(17)14-7-6-9(15)13(4,8-14)10(16)18-5/h6-8H2,1-5H3/i4D3. The summed E-state index contributed by atoms with van der Waals surface area (Å²) in [7, 11) is 1.01. The summed E-state index contributed by atoms with van der Waals surface area (Å²) in [5.74, 6) is -1.91. The number of esters is 1. The molecule has 6 heteroatoms. The van der Waals surface area contributed by atoms with Crippen LogP contribution in [0.5, 0.6) is 0 Å². The predicted molar refractivity (Wildman–Crippen MR) is 67.6 cm³/mol. The molecule has 1 heterocycles. The van der Waals surface area contributed by atoms with E-state index >= 15 is 0 Å². The monoisotopic (exact) mass is 274 g/mol. The maximum Gasteiger partial charge on any atom is 0.410 e. The van der Waals surface area contributed by atoms with Crippen molar-refractivity contribution in [2.24, 2.45) is 5.41 Å². The highest BCUT2D eigenvalue weighted by Crippen LogP contribution is 2.28. The first-order valence-electron chi connectivity index (χ1n) is 7.45. The number of piperidine rings is 1. The van der Waals surface area contributed by atoms with Crippen molar-refractivity contribution in [2.45, 2.75) is 39.6 Å². The first-order chi connectivity index (χ1) is 9.85. The third-order valence-corrected chi connectivity index (χ3v) is 2.70. The van der Waals surface area contributed by atoms with E-state index in [4.69, 9.17) is 8.85 Å². The first-order valence-corrected chi connectivity index (χ1v) is 5.95. The first kappa shape index (κ1) is 11.3. The molecule has 0 aliphatic carbocycles. The number of hydrogen-bond donors (Lipinski definition) is 0. The molecule has 0 spiro atoms. The summed E-state index contributed by atoms with van der Waals surface area (Å²) in [6, 6.07) is 0.